The van der Waals surface area contributed by atoms with E-state index in [-0.39, 0.29) is 24.7 Å². The molecular formula is C19H21N3O4. The van der Waals surface area contributed by atoms with Crippen LogP contribution >= 0.6 is 0 Å². The number of fused-ring (bicyclic) bond motifs is 1. The van der Waals surface area contributed by atoms with Crippen molar-refractivity contribution in [1.29, 1.82) is 0 Å². The minimum atomic E-state index is -0.965. The van der Waals surface area contributed by atoms with E-state index in [9.17, 15) is 19.2 Å². The molecular weight excluding hydrogens is 334 g/mol. The van der Waals surface area contributed by atoms with Crippen molar-refractivity contribution in [2.45, 2.75) is 32.7 Å². The molecule has 0 heterocycles. The predicted molar refractivity (Wildman–Crippen MR) is 97.1 cm³/mol. The topological polar surface area (TPSA) is 104 Å². The van der Waals surface area contributed by atoms with Gasteiger partial charge in [0.25, 0.3) is 0 Å². The summed E-state index contributed by atoms with van der Waals surface area (Å²) in [6, 6.07) is 12.9. The molecule has 0 saturated carbocycles. The number of nitrogens with one attached hydrogen (secondary N) is 3. The Morgan fingerprint density at radius 1 is 0.846 bits per heavy atom. The Hall–Kier alpha value is -3.22. The molecule has 2 rings (SSSR count). The summed E-state index contributed by atoms with van der Waals surface area (Å²) < 4.78 is 0. The zero-order valence-electron chi connectivity index (χ0n) is 14.7. The van der Waals surface area contributed by atoms with Crippen LogP contribution in [0.15, 0.2) is 42.5 Å². The summed E-state index contributed by atoms with van der Waals surface area (Å²) in [6.07, 6.45) is -0.101. The van der Waals surface area contributed by atoms with Gasteiger partial charge in [-0.3, -0.25) is 30.0 Å². The number of carbonyl (C=O) groups is 4. The average Bonchev–Trinajstić information content (AvgIpc) is 2.63. The molecule has 3 amide bonds. The molecule has 0 radical (unpaired) electrons. The van der Waals surface area contributed by atoms with Crippen molar-refractivity contribution < 1.29 is 19.2 Å². The van der Waals surface area contributed by atoms with Gasteiger partial charge in [-0.1, -0.05) is 36.4 Å². The second kappa shape index (κ2) is 8.75. The molecule has 26 heavy (non-hydrogen) atoms. The number of hydrogen-bond acceptors (Lipinski definition) is 4. The van der Waals surface area contributed by atoms with Gasteiger partial charge in [0, 0.05) is 24.4 Å². The Morgan fingerprint density at radius 3 is 2.23 bits per heavy atom. The first kappa shape index (κ1) is 19.1. The van der Waals surface area contributed by atoms with E-state index in [1.54, 1.807) is 26.0 Å². The van der Waals surface area contributed by atoms with Crippen LogP contribution in [-0.4, -0.2) is 29.5 Å². The molecule has 0 aliphatic heterocycles. The third-order valence-electron chi connectivity index (χ3n) is 3.59. The maximum Gasteiger partial charge on any atom is 0.327 e. The van der Waals surface area contributed by atoms with Crippen molar-refractivity contribution >= 4 is 34.3 Å². The Labute approximate surface area is 151 Å². The van der Waals surface area contributed by atoms with Gasteiger partial charge in [0.05, 0.1) is 0 Å². The molecule has 0 saturated heterocycles. The second-order valence-electron chi connectivity index (χ2n) is 6.12. The molecule has 136 valence electrons. The fraction of sp³-hybridized carbons (Fsp3) is 0.263. The van der Waals surface area contributed by atoms with Gasteiger partial charge in [-0.05, 0) is 30.7 Å². The normalized spacial score (nSPS) is 10.4. The maximum atomic E-state index is 12.2. The zero-order chi connectivity index (χ0) is 19.1. The zero-order valence-corrected chi connectivity index (χ0v) is 14.7. The van der Waals surface area contributed by atoms with Gasteiger partial charge in [-0.25, -0.2) is 0 Å². The quantitative estimate of drug-likeness (QED) is 0.429. The Kier molecular flexibility index (Phi) is 6.43. The monoisotopic (exact) mass is 355 g/mol. The molecule has 0 atom stereocenters. The number of amides is 3. The highest BCUT2D eigenvalue weighted by Gasteiger charge is 2.15. The highest BCUT2D eigenvalue weighted by atomic mass is 16.2. The fourth-order valence-corrected chi connectivity index (χ4v) is 2.31. The number of hydrazine groups is 1. The van der Waals surface area contributed by atoms with Crippen molar-refractivity contribution in [2.24, 2.45) is 0 Å². The van der Waals surface area contributed by atoms with Crippen molar-refractivity contribution in [1.82, 2.24) is 16.2 Å². The first-order valence-corrected chi connectivity index (χ1v) is 8.28. The van der Waals surface area contributed by atoms with Gasteiger partial charge in [0.2, 0.25) is 5.91 Å². The van der Waals surface area contributed by atoms with E-state index in [1.165, 1.54) is 0 Å². The Morgan fingerprint density at radius 2 is 1.54 bits per heavy atom. The van der Waals surface area contributed by atoms with E-state index in [4.69, 9.17) is 0 Å². The standard InChI is InChI=1S/C19H21N3O4/c1-12(2)20-18(25)19(26)22-21-17(24)10-9-16(23)15-8-7-13-5-3-4-6-14(13)11-15/h3-8,11-12H,9-10H2,1-2H3,(H,20,25)(H,21,24)(H,22,26). The fourth-order valence-electron chi connectivity index (χ4n) is 2.31. The van der Waals surface area contributed by atoms with Crippen LogP contribution in [0, 0.1) is 0 Å². The molecule has 0 spiro atoms. The van der Waals surface area contributed by atoms with E-state index in [0.29, 0.717) is 5.56 Å². The number of ketones is 1. The molecule has 0 unspecified atom stereocenters. The molecule has 7 heteroatoms. The Bertz CT molecular complexity index is 846. The number of benzene rings is 2. The molecule has 7 nitrogen and oxygen atoms in total. The minimum Gasteiger partial charge on any atom is -0.346 e. The number of hydrogen-bond donors (Lipinski definition) is 3. The lowest BCUT2D eigenvalue weighted by molar-refractivity contribution is -0.141. The molecule has 3 N–H and O–H groups in total. The van der Waals surface area contributed by atoms with Gasteiger partial charge in [-0.2, -0.15) is 0 Å². The minimum absolute atomic E-state index is 0.00175. The molecule has 0 aromatic heterocycles. The first-order valence-electron chi connectivity index (χ1n) is 8.28. The van der Waals surface area contributed by atoms with Crippen molar-refractivity contribution in [2.75, 3.05) is 0 Å². The van der Waals surface area contributed by atoms with Crippen molar-refractivity contribution in [3.05, 3.63) is 48.0 Å². The molecule has 0 aliphatic rings. The van der Waals surface area contributed by atoms with Crippen LogP contribution in [0.4, 0.5) is 0 Å². The molecule has 2 aromatic carbocycles. The Balaban J connectivity index is 1.81. The van der Waals surface area contributed by atoms with Gasteiger partial charge in [0.1, 0.15) is 0 Å². The van der Waals surface area contributed by atoms with Crippen LogP contribution in [0.25, 0.3) is 10.8 Å². The third kappa shape index (κ3) is 5.41. The highest BCUT2D eigenvalue weighted by molar-refractivity contribution is 6.35. The van der Waals surface area contributed by atoms with Crippen LogP contribution < -0.4 is 16.2 Å². The summed E-state index contributed by atoms with van der Waals surface area (Å²) in [5, 5.41) is 4.38. The second-order valence-corrected chi connectivity index (χ2v) is 6.12. The van der Waals surface area contributed by atoms with Gasteiger partial charge in [-0.15, -0.1) is 0 Å². The largest absolute Gasteiger partial charge is 0.346 e. The van der Waals surface area contributed by atoms with Crippen LogP contribution in [0.2, 0.25) is 0 Å². The van der Waals surface area contributed by atoms with Crippen LogP contribution in [0.5, 0.6) is 0 Å². The van der Waals surface area contributed by atoms with Crippen LogP contribution in [0.1, 0.15) is 37.0 Å². The SMILES string of the molecule is CC(C)NC(=O)C(=O)NNC(=O)CCC(=O)c1ccc2ccccc2c1. The van der Waals surface area contributed by atoms with Crippen molar-refractivity contribution in [3.63, 3.8) is 0 Å². The van der Waals surface area contributed by atoms with Crippen LogP contribution in [-0.2, 0) is 14.4 Å². The summed E-state index contributed by atoms with van der Waals surface area (Å²) >= 11 is 0. The number of rotatable bonds is 5. The summed E-state index contributed by atoms with van der Waals surface area (Å²) in [5.41, 5.74) is 4.66. The number of carbonyl (C=O) groups excluding carboxylic acids is 4. The number of Topliss-reactive ketones (excluding diaryl/α,β-unsaturated/α-hetero) is 1. The first-order chi connectivity index (χ1) is 12.4. The lowest BCUT2D eigenvalue weighted by Crippen LogP contribution is -2.49. The summed E-state index contributed by atoms with van der Waals surface area (Å²) in [6.45, 7) is 3.42. The maximum absolute atomic E-state index is 12.2. The summed E-state index contributed by atoms with van der Waals surface area (Å²) in [5.74, 6) is -2.53. The van der Waals surface area contributed by atoms with E-state index in [2.05, 4.69) is 10.7 Å². The predicted octanol–water partition coefficient (Wildman–Crippen LogP) is 1.47. The highest BCUT2D eigenvalue weighted by Crippen LogP contribution is 2.17. The lowest BCUT2D eigenvalue weighted by atomic mass is 10.0. The third-order valence-corrected chi connectivity index (χ3v) is 3.59. The van der Waals surface area contributed by atoms with E-state index >= 15 is 0 Å². The van der Waals surface area contributed by atoms with Gasteiger partial charge < -0.3 is 5.32 Å². The van der Waals surface area contributed by atoms with E-state index in [0.717, 1.165) is 10.8 Å². The summed E-state index contributed by atoms with van der Waals surface area (Å²) in [7, 11) is 0. The molecule has 2 aromatic rings. The van der Waals surface area contributed by atoms with Crippen molar-refractivity contribution in [3.8, 4) is 0 Å². The van der Waals surface area contributed by atoms with E-state index < -0.39 is 17.7 Å². The van der Waals surface area contributed by atoms with Crippen LogP contribution in [0.3, 0.4) is 0 Å². The average molecular weight is 355 g/mol. The smallest absolute Gasteiger partial charge is 0.327 e. The summed E-state index contributed by atoms with van der Waals surface area (Å²) in [4.78, 5) is 46.8. The molecule has 0 fully saturated rings. The molecule has 0 aliphatic carbocycles. The molecule has 0 bridgehead atoms. The van der Waals surface area contributed by atoms with E-state index in [1.807, 2.05) is 35.8 Å². The van der Waals surface area contributed by atoms with Gasteiger partial charge >= 0.3 is 11.8 Å². The lowest BCUT2D eigenvalue weighted by Gasteiger charge is -2.09. The van der Waals surface area contributed by atoms with Gasteiger partial charge in [0.15, 0.2) is 5.78 Å².